The molecule has 4 aromatic rings. The van der Waals surface area contributed by atoms with Crippen molar-refractivity contribution in [1.29, 1.82) is 0 Å². The van der Waals surface area contributed by atoms with Crippen LogP contribution < -0.4 is 5.43 Å². The summed E-state index contributed by atoms with van der Waals surface area (Å²) >= 11 is 0. The van der Waals surface area contributed by atoms with E-state index in [2.05, 4.69) is 15.3 Å². The fourth-order valence-corrected chi connectivity index (χ4v) is 4.40. The zero-order valence-electron chi connectivity index (χ0n) is 18.7. The minimum atomic E-state index is -4.53. The minimum Gasteiger partial charge on any atom is -0.337 e. The number of fused-ring (bicyclic) bond motifs is 1. The molecule has 3 aromatic heterocycles. The molecule has 1 aromatic carbocycles. The van der Waals surface area contributed by atoms with Crippen LogP contribution in [0.25, 0.3) is 11.3 Å². The van der Waals surface area contributed by atoms with Crippen molar-refractivity contribution in [2.75, 3.05) is 13.1 Å². The molecule has 5 rings (SSSR count). The summed E-state index contributed by atoms with van der Waals surface area (Å²) in [5.74, 6) is 0.387. The molecule has 0 bridgehead atoms. The number of carbonyl (C=O) groups is 1. The van der Waals surface area contributed by atoms with Gasteiger partial charge in [-0.1, -0.05) is 12.1 Å². The van der Waals surface area contributed by atoms with Crippen LogP contribution in [0, 0.1) is 6.92 Å². The first-order chi connectivity index (χ1) is 16.7. The van der Waals surface area contributed by atoms with E-state index in [-0.39, 0.29) is 17.3 Å². The van der Waals surface area contributed by atoms with Crippen LogP contribution in [-0.2, 0) is 6.18 Å². The first-order valence-electron chi connectivity index (χ1n) is 11.1. The molecule has 0 N–H and O–H groups in total. The predicted octanol–water partition coefficient (Wildman–Crippen LogP) is 3.62. The summed E-state index contributed by atoms with van der Waals surface area (Å²) in [4.78, 5) is 27.3. The summed E-state index contributed by atoms with van der Waals surface area (Å²) in [6.45, 7) is 2.34. The highest BCUT2D eigenvalue weighted by Crippen LogP contribution is 2.30. The van der Waals surface area contributed by atoms with Gasteiger partial charge in [0.15, 0.2) is 11.3 Å². The van der Waals surface area contributed by atoms with Crippen molar-refractivity contribution in [3.05, 3.63) is 87.7 Å². The number of alkyl halides is 3. The van der Waals surface area contributed by atoms with Gasteiger partial charge in [-0.3, -0.25) is 14.0 Å². The normalized spacial score (nSPS) is 15.0. The fourth-order valence-electron chi connectivity index (χ4n) is 4.40. The summed E-state index contributed by atoms with van der Waals surface area (Å²) in [6, 6.07) is 11.5. The number of halogens is 3. The number of aromatic nitrogens is 5. The molecule has 0 unspecified atom stereocenters. The average molecular weight is 482 g/mol. The Morgan fingerprint density at radius 2 is 1.80 bits per heavy atom. The molecule has 1 aliphatic heterocycles. The van der Waals surface area contributed by atoms with Crippen LogP contribution in [0.5, 0.6) is 0 Å². The lowest BCUT2D eigenvalue weighted by atomic mass is 9.95. The van der Waals surface area contributed by atoms with Crippen LogP contribution in [0.1, 0.15) is 46.3 Å². The standard InChI is InChI=1S/C24H21F3N6O2/c1-15-13-19(34)21(30-33(15)18-6-4-5-17(14-18)24(25,26)27)23(35)31-11-8-16(9-12-31)22-29-28-20-7-2-3-10-32(20)22/h2-7,10,13-14,16H,8-9,11-12H2,1H3. The molecular weight excluding hydrogens is 461 g/mol. The van der Waals surface area contributed by atoms with Gasteiger partial charge in [-0.2, -0.15) is 18.3 Å². The predicted molar refractivity (Wildman–Crippen MR) is 120 cm³/mol. The van der Waals surface area contributed by atoms with E-state index in [1.165, 1.54) is 22.9 Å². The van der Waals surface area contributed by atoms with E-state index in [1.807, 2.05) is 28.8 Å². The van der Waals surface area contributed by atoms with Gasteiger partial charge in [0, 0.05) is 37.0 Å². The lowest BCUT2D eigenvalue weighted by Crippen LogP contribution is -2.41. The number of hydrogen-bond acceptors (Lipinski definition) is 5. The maximum atomic E-state index is 13.2. The third-order valence-electron chi connectivity index (χ3n) is 6.22. The minimum absolute atomic E-state index is 0.101. The molecule has 35 heavy (non-hydrogen) atoms. The molecule has 0 spiro atoms. The Morgan fingerprint density at radius 3 is 2.54 bits per heavy atom. The first kappa shape index (κ1) is 22.8. The van der Waals surface area contributed by atoms with Gasteiger partial charge in [0.1, 0.15) is 5.82 Å². The van der Waals surface area contributed by atoms with E-state index in [0.717, 1.165) is 23.6 Å². The quantitative estimate of drug-likeness (QED) is 0.445. The number of nitrogens with zero attached hydrogens (tertiary/aromatic N) is 6. The number of carbonyl (C=O) groups excluding carboxylic acids is 1. The maximum Gasteiger partial charge on any atom is 0.416 e. The van der Waals surface area contributed by atoms with Gasteiger partial charge < -0.3 is 4.90 Å². The van der Waals surface area contributed by atoms with E-state index in [9.17, 15) is 22.8 Å². The van der Waals surface area contributed by atoms with E-state index >= 15 is 0 Å². The van der Waals surface area contributed by atoms with Crippen LogP contribution in [-0.4, -0.2) is 48.3 Å². The van der Waals surface area contributed by atoms with Crippen LogP contribution in [0.15, 0.2) is 59.5 Å². The number of likely N-dealkylation sites (tertiary alicyclic amines) is 1. The second-order valence-electron chi connectivity index (χ2n) is 8.51. The molecule has 11 heteroatoms. The lowest BCUT2D eigenvalue weighted by Gasteiger charge is -2.31. The monoisotopic (exact) mass is 482 g/mol. The summed E-state index contributed by atoms with van der Waals surface area (Å²) in [7, 11) is 0. The Bertz CT molecular complexity index is 1470. The number of hydrogen-bond donors (Lipinski definition) is 0. The molecule has 4 heterocycles. The number of benzene rings is 1. The Morgan fingerprint density at radius 1 is 1.03 bits per heavy atom. The van der Waals surface area contributed by atoms with Crippen molar-refractivity contribution >= 4 is 11.6 Å². The third kappa shape index (κ3) is 4.29. The Labute approximate surface area is 197 Å². The van der Waals surface area contributed by atoms with E-state index < -0.39 is 23.1 Å². The van der Waals surface area contributed by atoms with Gasteiger partial charge in [0.2, 0.25) is 5.43 Å². The molecule has 1 saturated heterocycles. The van der Waals surface area contributed by atoms with Crippen LogP contribution in [0.2, 0.25) is 0 Å². The van der Waals surface area contributed by atoms with Crippen molar-refractivity contribution in [2.45, 2.75) is 31.9 Å². The van der Waals surface area contributed by atoms with Gasteiger partial charge in [-0.05, 0) is 50.1 Å². The van der Waals surface area contributed by atoms with Crippen molar-refractivity contribution in [3.63, 3.8) is 0 Å². The summed E-state index contributed by atoms with van der Waals surface area (Å²) < 4.78 is 42.6. The topological polar surface area (TPSA) is 85.4 Å². The zero-order chi connectivity index (χ0) is 24.7. The number of amides is 1. The highest BCUT2D eigenvalue weighted by molar-refractivity contribution is 5.92. The molecule has 1 fully saturated rings. The van der Waals surface area contributed by atoms with Crippen LogP contribution >= 0.6 is 0 Å². The number of rotatable bonds is 3. The largest absolute Gasteiger partial charge is 0.416 e. The van der Waals surface area contributed by atoms with Crippen molar-refractivity contribution < 1.29 is 18.0 Å². The Hall–Kier alpha value is -4.02. The molecule has 0 aliphatic carbocycles. The lowest BCUT2D eigenvalue weighted by molar-refractivity contribution is -0.137. The number of aryl methyl sites for hydroxylation is 1. The second-order valence-corrected chi connectivity index (χ2v) is 8.51. The Balaban J connectivity index is 1.38. The second kappa shape index (κ2) is 8.64. The molecule has 180 valence electrons. The van der Waals surface area contributed by atoms with Crippen molar-refractivity contribution in [2.24, 2.45) is 0 Å². The van der Waals surface area contributed by atoms with Gasteiger partial charge in [-0.15, -0.1) is 10.2 Å². The molecule has 8 nitrogen and oxygen atoms in total. The van der Waals surface area contributed by atoms with E-state index in [1.54, 1.807) is 11.8 Å². The smallest absolute Gasteiger partial charge is 0.337 e. The number of pyridine rings is 1. The molecule has 1 amide bonds. The molecule has 0 atom stereocenters. The highest BCUT2D eigenvalue weighted by atomic mass is 19.4. The fraction of sp³-hybridized carbons (Fsp3) is 0.292. The average Bonchev–Trinajstić information content (AvgIpc) is 3.28. The molecule has 1 aliphatic rings. The third-order valence-corrected chi connectivity index (χ3v) is 6.22. The molecular formula is C24H21F3N6O2. The van der Waals surface area contributed by atoms with Crippen LogP contribution in [0.3, 0.4) is 0 Å². The number of piperidine rings is 1. The van der Waals surface area contributed by atoms with Gasteiger partial charge >= 0.3 is 6.18 Å². The zero-order valence-corrected chi connectivity index (χ0v) is 18.7. The highest BCUT2D eigenvalue weighted by Gasteiger charge is 2.31. The summed E-state index contributed by atoms with van der Waals surface area (Å²) in [6.07, 6.45) is -1.36. The van der Waals surface area contributed by atoms with Gasteiger partial charge in [-0.25, -0.2) is 4.68 Å². The van der Waals surface area contributed by atoms with E-state index in [0.29, 0.717) is 31.6 Å². The van der Waals surface area contributed by atoms with Gasteiger partial charge in [0.05, 0.1) is 11.3 Å². The summed E-state index contributed by atoms with van der Waals surface area (Å²) in [5.41, 5.74) is -0.543. The first-order valence-corrected chi connectivity index (χ1v) is 11.1. The van der Waals surface area contributed by atoms with Crippen molar-refractivity contribution in [3.8, 4) is 5.69 Å². The van der Waals surface area contributed by atoms with E-state index in [4.69, 9.17) is 0 Å². The SMILES string of the molecule is Cc1cc(=O)c(C(=O)N2CCC(c3nnc4ccccn34)CC2)nn1-c1cccc(C(F)(F)F)c1. The van der Waals surface area contributed by atoms with Crippen LogP contribution in [0.4, 0.5) is 13.2 Å². The summed E-state index contributed by atoms with van der Waals surface area (Å²) in [5, 5.41) is 12.7. The van der Waals surface area contributed by atoms with Crippen molar-refractivity contribution in [1.82, 2.24) is 29.3 Å². The molecule has 0 saturated carbocycles. The van der Waals surface area contributed by atoms with Gasteiger partial charge in [0.25, 0.3) is 5.91 Å². The maximum absolute atomic E-state index is 13.2. The molecule has 0 radical (unpaired) electrons. The Kier molecular flexibility index (Phi) is 5.62.